The molecule has 2 saturated heterocycles. The van der Waals surface area contributed by atoms with E-state index in [4.69, 9.17) is 15.7 Å². The molecule has 4 rings (SSSR count). The maximum absolute atomic E-state index is 12.5. The molecule has 1 aromatic rings. The summed E-state index contributed by atoms with van der Waals surface area (Å²) in [4.78, 5) is 24.2. The molecule has 0 atom stereocenters. The Labute approximate surface area is 189 Å². The number of pyridine rings is 1. The van der Waals surface area contributed by atoms with E-state index in [1.165, 1.54) is 25.7 Å². The zero-order valence-electron chi connectivity index (χ0n) is 19.1. The summed E-state index contributed by atoms with van der Waals surface area (Å²) in [5.41, 5.74) is 0.427. The van der Waals surface area contributed by atoms with E-state index in [-0.39, 0.29) is 5.91 Å². The third kappa shape index (κ3) is 5.64. The molecule has 0 unspecified atom stereocenters. The molecule has 1 N–H and O–H groups in total. The highest BCUT2D eigenvalue weighted by molar-refractivity contribution is 6.41. The van der Waals surface area contributed by atoms with Crippen LogP contribution in [0.15, 0.2) is 18.2 Å². The minimum absolute atomic E-state index is 0.123. The van der Waals surface area contributed by atoms with Crippen LogP contribution in [0, 0.1) is 5.92 Å². The molecule has 31 heavy (non-hydrogen) atoms. The number of carbonyl (C=O) groups excluding carboxylic acids is 1. The van der Waals surface area contributed by atoms with Gasteiger partial charge in [0.2, 0.25) is 0 Å². The Bertz CT molecular complexity index is 762. The van der Waals surface area contributed by atoms with Crippen molar-refractivity contribution in [1.82, 2.24) is 20.1 Å². The molecule has 8 heteroatoms. The van der Waals surface area contributed by atoms with Gasteiger partial charge in [0.1, 0.15) is 11.5 Å². The van der Waals surface area contributed by atoms with Crippen molar-refractivity contribution < 1.29 is 4.79 Å². The molecule has 3 fully saturated rings. The number of likely N-dealkylation sites (tertiary alicyclic amines) is 1. The van der Waals surface area contributed by atoms with Gasteiger partial charge in [-0.15, -0.1) is 0 Å². The van der Waals surface area contributed by atoms with Gasteiger partial charge in [0.05, 0.1) is 15.7 Å². The first-order chi connectivity index (χ1) is 14.8. The first kappa shape index (κ1) is 22.7. The molecule has 3 aliphatic rings. The molecule has 1 saturated carbocycles. The minimum Gasteiger partial charge on any atom is -0.367 e. The Kier molecular flexibility index (Phi) is 6.97. The highest BCUT2D eigenvalue weighted by Crippen LogP contribution is 2.28. The van der Waals surface area contributed by atoms with Crippen LogP contribution in [0.2, 0.25) is 0 Å². The van der Waals surface area contributed by atoms with Gasteiger partial charge < -0.3 is 15.1 Å². The maximum atomic E-state index is 12.5. The van der Waals surface area contributed by atoms with Crippen LogP contribution in [0.4, 0.5) is 5.82 Å². The fourth-order valence-corrected chi connectivity index (χ4v) is 4.82. The number of carbonyl (C=O) groups is 1. The summed E-state index contributed by atoms with van der Waals surface area (Å²) in [6.07, 6.45) is 5.45. The van der Waals surface area contributed by atoms with Crippen LogP contribution in [0.25, 0.3) is 0 Å². The predicted molar refractivity (Wildman–Crippen MR) is 127 cm³/mol. The normalized spacial score (nSPS) is 23.6. The zero-order valence-corrected chi connectivity index (χ0v) is 19.1. The number of piperidine rings is 1. The lowest BCUT2D eigenvalue weighted by Crippen LogP contribution is -2.51. The number of nitrogens with one attached hydrogen (secondary N) is 1. The molecule has 4 radical (unpaired) electrons. The van der Waals surface area contributed by atoms with Crippen molar-refractivity contribution in [2.75, 3.05) is 44.2 Å². The predicted octanol–water partition coefficient (Wildman–Crippen LogP) is 1.60. The first-order valence-corrected chi connectivity index (χ1v) is 11.9. The second-order valence-electron chi connectivity index (χ2n) is 9.82. The third-order valence-electron chi connectivity index (χ3n) is 7.15. The number of hydrogen-bond donors (Lipinski definition) is 1. The topological polar surface area (TPSA) is 51.7 Å². The molecule has 0 spiro atoms. The molecule has 164 valence electrons. The third-order valence-corrected chi connectivity index (χ3v) is 7.15. The van der Waals surface area contributed by atoms with Crippen LogP contribution in [-0.4, -0.2) is 93.1 Å². The highest BCUT2D eigenvalue weighted by atomic mass is 16.1. The van der Waals surface area contributed by atoms with Crippen LogP contribution >= 0.6 is 0 Å². The van der Waals surface area contributed by atoms with Gasteiger partial charge in [0, 0.05) is 31.7 Å². The van der Waals surface area contributed by atoms with Crippen molar-refractivity contribution in [3.63, 3.8) is 0 Å². The summed E-state index contributed by atoms with van der Waals surface area (Å²) in [6.45, 7) is 10.1. The van der Waals surface area contributed by atoms with Crippen molar-refractivity contribution in [2.24, 2.45) is 5.92 Å². The monoisotopic (exact) mass is 419 g/mol. The van der Waals surface area contributed by atoms with Crippen LogP contribution in [0.5, 0.6) is 0 Å². The first-order valence-electron chi connectivity index (χ1n) is 11.9. The van der Waals surface area contributed by atoms with Crippen LogP contribution in [-0.2, 0) is 0 Å². The Hall–Kier alpha value is -1.53. The van der Waals surface area contributed by atoms with Gasteiger partial charge in [-0.25, -0.2) is 4.98 Å². The average Bonchev–Trinajstić information content (AvgIpc) is 3.59. The molecule has 6 nitrogen and oxygen atoms in total. The quantitative estimate of drug-likeness (QED) is 0.711. The second-order valence-corrected chi connectivity index (χ2v) is 9.82. The number of anilines is 1. The van der Waals surface area contributed by atoms with Crippen molar-refractivity contribution in [2.45, 2.75) is 63.4 Å². The molecule has 3 heterocycles. The Morgan fingerprint density at radius 2 is 1.87 bits per heavy atom. The van der Waals surface area contributed by atoms with Gasteiger partial charge >= 0.3 is 0 Å². The van der Waals surface area contributed by atoms with E-state index >= 15 is 0 Å². The number of rotatable bonds is 6. The van der Waals surface area contributed by atoms with Crippen molar-refractivity contribution in [3.05, 3.63) is 23.9 Å². The molecule has 1 aromatic heterocycles. The summed E-state index contributed by atoms with van der Waals surface area (Å²) in [7, 11) is 13.1. The fourth-order valence-electron chi connectivity index (χ4n) is 4.82. The number of aromatic nitrogens is 1. The molecule has 0 aromatic carbocycles. The number of hydrogen-bond acceptors (Lipinski definition) is 5. The number of amides is 1. The Morgan fingerprint density at radius 1 is 1.13 bits per heavy atom. The molecular weight excluding hydrogens is 384 g/mol. The van der Waals surface area contributed by atoms with E-state index in [1.54, 1.807) is 6.07 Å². The van der Waals surface area contributed by atoms with Gasteiger partial charge in [-0.3, -0.25) is 9.69 Å². The van der Waals surface area contributed by atoms with E-state index in [9.17, 15) is 4.79 Å². The largest absolute Gasteiger partial charge is 0.367 e. The summed E-state index contributed by atoms with van der Waals surface area (Å²) < 4.78 is 0. The van der Waals surface area contributed by atoms with Gasteiger partial charge in [-0.05, 0) is 89.0 Å². The molecule has 2 aliphatic heterocycles. The van der Waals surface area contributed by atoms with Gasteiger partial charge in [-0.2, -0.15) is 0 Å². The summed E-state index contributed by atoms with van der Waals surface area (Å²) >= 11 is 0. The Balaban J connectivity index is 1.40. The van der Waals surface area contributed by atoms with Gasteiger partial charge in [-0.1, -0.05) is 6.07 Å². The zero-order chi connectivity index (χ0) is 22.0. The van der Waals surface area contributed by atoms with Crippen LogP contribution < -0.4 is 10.2 Å². The van der Waals surface area contributed by atoms with Crippen LogP contribution in [0.1, 0.15) is 56.4 Å². The molecule has 1 amide bonds. The standard InChI is InChI=1S/C23H35B2N5O/c1-17(2)28-11-8-19(9-12-28)29-13-10-23(24,25)30(15-14-29)21-5-3-4-20(27-21)22(31)26-16-18-6-7-18/h3-5,17-19H,6-16H2,1-2H3,(H,26,31). The number of nitrogens with zero attached hydrogens (tertiary/aromatic N) is 4. The molecule has 0 bridgehead atoms. The smallest absolute Gasteiger partial charge is 0.269 e. The van der Waals surface area contributed by atoms with E-state index in [0.717, 1.165) is 32.7 Å². The Morgan fingerprint density at radius 3 is 2.55 bits per heavy atom. The summed E-state index contributed by atoms with van der Waals surface area (Å²) in [5, 5.41) is 2.01. The van der Waals surface area contributed by atoms with Gasteiger partial charge in [0.25, 0.3) is 5.91 Å². The van der Waals surface area contributed by atoms with Crippen molar-refractivity contribution in [1.29, 1.82) is 0 Å². The maximum Gasteiger partial charge on any atom is 0.269 e. The van der Waals surface area contributed by atoms with E-state index in [1.807, 2.05) is 17.0 Å². The average molecular weight is 419 g/mol. The van der Waals surface area contributed by atoms with Crippen molar-refractivity contribution in [3.8, 4) is 0 Å². The van der Waals surface area contributed by atoms with Gasteiger partial charge in [0.15, 0.2) is 0 Å². The van der Waals surface area contributed by atoms with E-state index < -0.39 is 5.34 Å². The second kappa shape index (κ2) is 9.53. The molecule has 1 aliphatic carbocycles. The minimum atomic E-state index is -0.983. The van der Waals surface area contributed by atoms with Crippen LogP contribution in [0.3, 0.4) is 0 Å². The highest BCUT2D eigenvalue weighted by Gasteiger charge is 2.34. The lowest BCUT2D eigenvalue weighted by molar-refractivity contribution is 0.0947. The van der Waals surface area contributed by atoms with Crippen molar-refractivity contribution >= 4 is 27.4 Å². The lowest BCUT2D eigenvalue weighted by Gasteiger charge is -2.39. The van der Waals surface area contributed by atoms with E-state index in [2.05, 4.69) is 33.9 Å². The molecular formula is C23H35B2N5O. The van der Waals surface area contributed by atoms with E-state index in [0.29, 0.717) is 42.5 Å². The lowest BCUT2D eigenvalue weighted by atomic mass is 9.59. The fraction of sp³-hybridized carbons (Fsp3) is 0.739. The summed E-state index contributed by atoms with van der Waals surface area (Å²) in [6, 6.07) is 6.73. The summed E-state index contributed by atoms with van der Waals surface area (Å²) in [5.74, 6) is 1.19. The SMILES string of the molecule is [B]C1([B])CCN(C2CCN(C(C)C)CC2)CCN1c1cccc(C(=O)NCC2CC2)n1.